The van der Waals surface area contributed by atoms with Crippen LogP contribution in [0.2, 0.25) is 0 Å². The molecule has 0 saturated heterocycles. The SMILES string of the molecule is CCCN(CC(=O)O)CC(=O)Nc1ccc(S(=O)(=O)N(CC)CC)cc1.Cl. The number of hydrogen-bond acceptors (Lipinski definition) is 5. The first kappa shape index (κ1) is 25.3. The number of benzene rings is 1. The molecule has 1 aromatic rings. The minimum atomic E-state index is -3.54. The Kier molecular flexibility index (Phi) is 11.2. The van der Waals surface area contributed by atoms with Gasteiger partial charge >= 0.3 is 5.97 Å². The number of carbonyl (C=O) groups excluding carboxylic acids is 1. The lowest BCUT2D eigenvalue weighted by Crippen LogP contribution is -2.37. The molecule has 0 spiro atoms. The first-order chi connectivity index (χ1) is 12.2. The predicted molar refractivity (Wildman–Crippen MR) is 107 cm³/mol. The fourth-order valence-electron chi connectivity index (χ4n) is 2.55. The summed E-state index contributed by atoms with van der Waals surface area (Å²) < 4.78 is 26.2. The number of amides is 1. The van der Waals surface area contributed by atoms with Gasteiger partial charge < -0.3 is 10.4 Å². The van der Waals surface area contributed by atoms with Gasteiger partial charge in [0, 0.05) is 18.8 Å². The van der Waals surface area contributed by atoms with E-state index in [2.05, 4.69) is 5.32 Å². The van der Waals surface area contributed by atoms with Crippen LogP contribution in [0.15, 0.2) is 29.2 Å². The van der Waals surface area contributed by atoms with Crippen molar-refractivity contribution < 1.29 is 23.1 Å². The number of carbonyl (C=O) groups is 2. The molecule has 1 rings (SSSR count). The molecular weight excluding hydrogens is 394 g/mol. The van der Waals surface area contributed by atoms with E-state index in [-0.39, 0.29) is 36.3 Å². The molecule has 8 nitrogen and oxygen atoms in total. The van der Waals surface area contributed by atoms with Gasteiger partial charge in [0.25, 0.3) is 0 Å². The largest absolute Gasteiger partial charge is 0.480 e. The van der Waals surface area contributed by atoms with E-state index in [4.69, 9.17) is 5.11 Å². The van der Waals surface area contributed by atoms with Gasteiger partial charge in [-0.15, -0.1) is 12.4 Å². The van der Waals surface area contributed by atoms with Crippen LogP contribution in [0.1, 0.15) is 27.2 Å². The molecule has 1 amide bonds. The molecule has 0 aliphatic heterocycles. The average molecular weight is 422 g/mol. The second-order valence-electron chi connectivity index (χ2n) is 5.77. The predicted octanol–water partition coefficient (Wildman–Crippen LogP) is 1.87. The number of sulfonamides is 1. The topological polar surface area (TPSA) is 107 Å². The number of anilines is 1. The number of nitrogens with one attached hydrogen (secondary N) is 1. The van der Waals surface area contributed by atoms with Crippen LogP contribution in [0.4, 0.5) is 5.69 Å². The highest BCUT2D eigenvalue weighted by Gasteiger charge is 2.21. The Morgan fingerprint density at radius 1 is 1.04 bits per heavy atom. The second kappa shape index (κ2) is 11.9. The van der Waals surface area contributed by atoms with E-state index in [0.29, 0.717) is 25.3 Å². The molecule has 154 valence electrons. The Labute approximate surface area is 167 Å². The maximum atomic E-state index is 12.4. The molecule has 10 heteroatoms. The summed E-state index contributed by atoms with van der Waals surface area (Å²) >= 11 is 0. The van der Waals surface area contributed by atoms with Gasteiger partial charge in [0.1, 0.15) is 0 Å². The van der Waals surface area contributed by atoms with Gasteiger partial charge in [-0.25, -0.2) is 8.42 Å². The summed E-state index contributed by atoms with van der Waals surface area (Å²) in [6.07, 6.45) is 0.735. The summed E-state index contributed by atoms with van der Waals surface area (Å²) in [6.45, 7) is 6.47. The van der Waals surface area contributed by atoms with Crippen LogP contribution in [0.5, 0.6) is 0 Å². The zero-order valence-corrected chi connectivity index (χ0v) is 17.5. The monoisotopic (exact) mass is 421 g/mol. The number of rotatable bonds is 11. The van der Waals surface area contributed by atoms with Crippen molar-refractivity contribution in [1.82, 2.24) is 9.21 Å². The van der Waals surface area contributed by atoms with E-state index in [1.54, 1.807) is 13.8 Å². The van der Waals surface area contributed by atoms with Gasteiger partial charge in [-0.1, -0.05) is 20.8 Å². The fourth-order valence-corrected chi connectivity index (χ4v) is 4.01. The molecule has 0 fully saturated rings. The summed E-state index contributed by atoms with van der Waals surface area (Å²) in [7, 11) is -3.54. The highest BCUT2D eigenvalue weighted by Crippen LogP contribution is 2.18. The first-order valence-corrected chi connectivity index (χ1v) is 10.0. The Bertz CT molecular complexity index is 706. The summed E-state index contributed by atoms with van der Waals surface area (Å²) in [4.78, 5) is 24.6. The van der Waals surface area contributed by atoms with Crippen molar-refractivity contribution in [2.45, 2.75) is 32.1 Å². The maximum absolute atomic E-state index is 12.4. The lowest BCUT2D eigenvalue weighted by Gasteiger charge is -2.19. The number of carboxylic acids is 1. The van der Waals surface area contributed by atoms with Gasteiger partial charge in [0.05, 0.1) is 18.0 Å². The van der Waals surface area contributed by atoms with Gasteiger partial charge in [-0.05, 0) is 37.2 Å². The fraction of sp³-hybridized carbons (Fsp3) is 0.529. The number of carboxylic acid groups (broad SMARTS) is 1. The highest BCUT2D eigenvalue weighted by atomic mass is 35.5. The van der Waals surface area contributed by atoms with Crippen molar-refractivity contribution in [2.24, 2.45) is 0 Å². The average Bonchev–Trinajstić information content (AvgIpc) is 2.55. The van der Waals surface area contributed by atoms with E-state index < -0.39 is 16.0 Å². The number of hydrogen-bond donors (Lipinski definition) is 2. The Balaban J connectivity index is 0.00000676. The van der Waals surface area contributed by atoms with Crippen LogP contribution in [0, 0.1) is 0 Å². The maximum Gasteiger partial charge on any atom is 0.317 e. The molecule has 0 radical (unpaired) electrons. The normalized spacial score (nSPS) is 11.3. The lowest BCUT2D eigenvalue weighted by atomic mass is 10.3. The zero-order valence-electron chi connectivity index (χ0n) is 15.8. The standard InChI is InChI=1S/C17H27N3O5S.ClH/c1-4-11-19(13-17(22)23)12-16(21)18-14-7-9-15(10-8-14)26(24,25)20(5-2)6-3;/h7-10H,4-6,11-13H2,1-3H3,(H,18,21)(H,22,23);1H. The summed E-state index contributed by atoms with van der Waals surface area (Å²) in [5.41, 5.74) is 0.459. The van der Waals surface area contributed by atoms with Crippen LogP contribution < -0.4 is 5.32 Å². The number of aliphatic carboxylic acids is 1. The van der Waals surface area contributed by atoms with E-state index in [9.17, 15) is 18.0 Å². The molecule has 0 heterocycles. The first-order valence-electron chi connectivity index (χ1n) is 8.58. The minimum Gasteiger partial charge on any atom is -0.480 e. The molecule has 0 bridgehead atoms. The van der Waals surface area contributed by atoms with E-state index >= 15 is 0 Å². The molecular formula is C17H28ClN3O5S. The van der Waals surface area contributed by atoms with Gasteiger partial charge in [-0.3, -0.25) is 14.5 Å². The summed E-state index contributed by atoms with van der Waals surface area (Å²) in [5, 5.41) is 11.5. The molecule has 1 aromatic carbocycles. The Morgan fingerprint density at radius 3 is 2.04 bits per heavy atom. The van der Waals surface area contributed by atoms with E-state index in [1.165, 1.54) is 33.5 Å². The lowest BCUT2D eigenvalue weighted by molar-refractivity contribution is -0.138. The Hall–Kier alpha value is -1.68. The van der Waals surface area contributed by atoms with E-state index in [0.717, 1.165) is 6.42 Å². The Morgan fingerprint density at radius 2 is 1.59 bits per heavy atom. The van der Waals surface area contributed by atoms with Crippen molar-refractivity contribution in [2.75, 3.05) is 38.0 Å². The van der Waals surface area contributed by atoms with E-state index in [1.807, 2.05) is 6.92 Å². The van der Waals surface area contributed by atoms with Gasteiger partial charge in [0.15, 0.2) is 0 Å². The van der Waals surface area contributed by atoms with Crippen LogP contribution in [-0.2, 0) is 19.6 Å². The summed E-state index contributed by atoms with van der Waals surface area (Å²) in [6, 6.07) is 5.94. The molecule has 0 aliphatic carbocycles. The van der Waals surface area contributed by atoms with Crippen molar-refractivity contribution in [1.29, 1.82) is 0 Å². The second-order valence-corrected chi connectivity index (χ2v) is 7.70. The zero-order chi connectivity index (χ0) is 19.7. The van der Waals surface area contributed by atoms with Crippen LogP contribution in [0.25, 0.3) is 0 Å². The summed E-state index contributed by atoms with van der Waals surface area (Å²) in [5.74, 6) is -1.34. The highest BCUT2D eigenvalue weighted by molar-refractivity contribution is 7.89. The van der Waals surface area contributed by atoms with Crippen molar-refractivity contribution in [3.05, 3.63) is 24.3 Å². The van der Waals surface area contributed by atoms with Gasteiger partial charge in [-0.2, -0.15) is 4.31 Å². The molecule has 27 heavy (non-hydrogen) atoms. The smallest absolute Gasteiger partial charge is 0.317 e. The molecule has 0 aliphatic rings. The number of halogens is 1. The minimum absolute atomic E-state index is 0. The van der Waals surface area contributed by atoms with Crippen LogP contribution in [0.3, 0.4) is 0 Å². The molecule has 0 atom stereocenters. The number of nitrogens with zero attached hydrogens (tertiary/aromatic N) is 2. The molecule has 0 unspecified atom stereocenters. The van der Waals surface area contributed by atoms with Crippen LogP contribution in [-0.4, -0.2) is 67.3 Å². The van der Waals surface area contributed by atoms with Crippen molar-refractivity contribution in [3.8, 4) is 0 Å². The van der Waals surface area contributed by atoms with Crippen molar-refractivity contribution in [3.63, 3.8) is 0 Å². The molecule has 0 aromatic heterocycles. The molecule has 0 saturated carbocycles. The third-order valence-corrected chi connectivity index (χ3v) is 5.81. The van der Waals surface area contributed by atoms with Crippen LogP contribution >= 0.6 is 12.4 Å². The van der Waals surface area contributed by atoms with Crippen molar-refractivity contribution >= 4 is 40.0 Å². The third-order valence-electron chi connectivity index (χ3n) is 3.75. The quantitative estimate of drug-likeness (QED) is 0.564. The van der Waals surface area contributed by atoms with Gasteiger partial charge in [0.2, 0.25) is 15.9 Å². The third kappa shape index (κ3) is 7.84. The molecule has 2 N–H and O–H groups in total.